The van der Waals surface area contributed by atoms with Crippen molar-refractivity contribution in [3.8, 4) is 16.9 Å². The summed E-state index contributed by atoms with van der Waals surface area (Å²) in [5.41, 5.74) is 0.922. The van der Waals surface area contributed by atoms with E-state index < -0.39 is 17.3 Å². The van der Waals surface area contributed by atoms with Crippen LogP contribution >= 0.6 is 11.6 Å². The van der Waals surface area contributed by atoms with Gasteiger partial charge in [-0.05, 0) is 29.3 Å². The van der Waals surface area contributed by atoms with E-state index in [9.17, 15) is 14.0 Å². The number of carbonyl (C=O) groups is 1. The van der Waals surface area contributed by atoms with Gasteiger partial charge in [0.15, 0.2) is 11.0 Å². The second-order valence-corrected chi connectivity index (χ2v) is 7.00. The van der Waals surface area contributed by atoms with Crippen LogP contribution in [0, 0.1) is 5.82 Å². The molecule has 2 aromatic heterocycles. The van der Waals surface area contributed by atoms with Crippen LogP contribution < -0.4 is 10.3 Å². The summed E-state index contributed by atoms with van der Waals surface area (Å²) in [6.45, 7) is -0.00703. The highest BCUT2D eigenvalue weighted by atomic mass is 35.5. The van der Waals surface area contributed by atoms with Crippen molar-refractivity contribution < 1.29 is 18.7 Å². The fourth-order valence-electron chi connectivity index (χ4n) is 3.10. The van der Waals surface area contributed by atoms with Crippen LogP contribution in [0.25, 0.3) is 16.8 Å². The Kier molecular flexibility index (Phi) is 5.68. The number of hydrogen-bond acceptors (Lipinski definition) is 5. The van der Waals surface area contributed by atoms with Gasteiger partial charge in [0.2, 0.25) is 0 Å². The first kappa shape index (κ1) is 20.6. The fourth-order valence-corrected chi connectivity index (χ4v) is 3.23. The number of esters is 1. The molecule has 0 radical (unpaired) electrons. The van der Waals surface area contributed by atoms with Gasteiger partial charge >= 0.3 is 5.97 Å². The molecule has 2 aromatic carbocycles. The third-order valence-electron chi connectivity index (χ3n) is 4.68. The summed E-state index contributed by atoms with van der Waals surface area (Å²) in [4.78, 5) is 29.7. The van der Waals surface area contributed by atoms with Crippen LogP contribution in [-0.2, 0) is 11.3 Å². The minimum absolute atomic E-state index is 0.00703. The van der Waals surface area contributed by atoms with Gasteiger partial charge in [0.25, 0.3) is 5.56 Å². The summed E-state index contributed by atoms with van der Waals surface area (Å²) < 4.78 is 25.5. The molecule has 0 saturated carbocycles. The van der Waals surface area contributed by atoms with E-state index in [4.69, 9.17) is 21.1 Å². The zero-order valence-electron chi connectivity index (χ0n) is 16.3. The topological polar surface area (TPSA) is 69.9 Å². The second kappa shape index (κ2) is 8.57. The average Bonchev–Trinajstić information content (AvgIpc) is 2.80. The lowest BCUT2D eigenvalue weighted by Gasteiger charge is -2.12. The predicted molar refractivity (Wildman–Crippen MR) is 114 cm³/mol. The van der Waals surface area contributed by atoms with Gasteiger partial charge in [-0.15, -0.1) is 0 Å². The highest BCUT2D eigenvalue weighted by Crippen LogP contribution is 2.27. The van der Waals surface area contributed by atoms with Gasteiger partial charge in [0.1, 0.15) is 23.6 Å². The van der Waals surface area contributed by atoms with E-state index in [-0.39, 0.29) is 23.0 Å². The molecular formula is C23H16ClFN2O4. The number of aromatic nitrogens is 2. The summed E-state index contributed by atoms with van der Waals surface area (Å²) in [6, 6.07) is 17.3. The lowest BCUT2D eigenvalue weighted by Crippen LogP contribution is -2.25. The molecule has 0 unspecified atom stereocenters. The number of methoxy groups -OCH3 is 1. The fraction of sp³-hybridized carbons (Fsp3) is 0.0870. The Balaban J connectivity index is 1.83. The van der Waals surface area contributed by atoms with Crippen molar-refractivity contribution in [3.63, 3.8) is 0 Å². The maximum atomic E-state index is 14.1. The second-order valence-electron chi connectivity index (χ2n) is 6.64. The molecule has 156 valence electrons. The van der Waals surface area contributed by atoms with Crippen LogP contribution in [-0.4, -0.2) is 22.5 Å². The monoisotopic (exact) mass is 438 g/mol. The molecule has 31 heavy (non-hydrogen) atoms. The van der Waals surface area contributed by atoms with Crippen LogP contribution in [0.3, 0.4) is 0 Å². The number of carbonyl (C=O) groups excluding carboxylic acids is 1. The molecule has 0 fully saturated rings. The molecule has 0 aliphatic carbocycles. The smallest absolute Gasteiger partial charge is 0.344 e. The molecular weight excluding hydrogens is 423 g/mol. The summed E-state index contributed by atoms with van der Waals surface area (Å²) in [5, 5.41) is -0.381. The van der Waals surface area contributed by atoms with Crippen molar-refractivity contribution >= 4 is 23.2 Å². The zero-order chi connectivity index (χ0) is 22.0. The number of benzene rings is 2. The van der Waals surface area contributed by atoms with E-state index in [1.165, 1.54) is 13.2 Å². The molecule has 6 nitrogen and oxygen atoms in total. The van der Waals surface area contributed by atoms with E-state index in [1.807, 2.05) is 18.2 Å². The Labute approximate surface area is 181 Å². The number of rotatable bonds is 5. The molecule has 0 amide bonds. The zero-order valence-corrected chi connectivity index (χ0v) is 17.1. The van der Waals surface area contributed by atoms with Crippen molar-refractivity contribution in [2.75, 3.05) is 7.11 Å². The first-order valence-corrected chi connectivity index (χ1v) is 9.62. The average molecular weight is 439 g/mol. The van der Waals surface area contributed by atoms with Crippen LogP contribution in [0.5, 0.6) is 5.75 Å². The van der Waals surface area contributed by atoms with Crippen LogP contribution in [0.2, 0.25) is 5.15 Å². The van der Waals surface area contributed by atoms with Crippen molar-refractivity contribution in [2.45, 2.75) is 6.61 Å². The third-order valence-corrected chi connectivity index (χ3v) is 4.95. The summed E-state index contributed by atoms with van der Waals surface area (Å²) in [5.74, 6) is -1.08. The van der Waals surface area contributed by atoms with Crippen LogP contribution in [0.1, 0.15) is 15.9 Å². The Hall–Kier alpha value is -3.71. The standard InChI is InChI=1S/C23H16ClFN2O4/c1-30-16-9-7-15(8-10-16)17-11-18(23(29)31-13-14-5-3-2-4-6-14)22(28)27-12-19(25)20(24)26-21(17)27/h2-12H,13H2,1H3. The van der Waals surface area contributed by atoms with Gasteiger partial charge in [-0.1, -0.05) is 54.1 Å². The SMILES string of the molecule is COc1ccc(-c2cc(C(=O)OCc3ccccc3)c(=O)n3cc(F)c(Cl)nc23)cc1. The molecule has 0 aliphatic heterocycles. The number of fused-ring (bicyclic) bond motifs is 1. The minimum atomic E-state index is -0.883. The van der Waals surface area contributed by atoms with Crippen LogP contribution in [0.15, 0.2) is 71.7 Å². The molecule has 0 atom stereocenters. The Morgan fingerprint density at radius 2 is 1.84 bits per heavy atom. The minimum Gasteiger partial charge on any atom is -0.497 e. The largest absolute Gasteiger partial charge is 0.497 e. The normalized spacial score (nSPS) is 10.8. The molecule has 0 saturated heterocycles. The number of ether oxygens (including phenoxy) is 2. The van der Waals surface area contributed by atoms with E-state index in [0.717, 1.165) is 16.2 Å². The maximum absolute atomic E-state index is 14.1. The van der Waals surface area contributed by atoms with Gasteiger partial charge in [-0.3, -0.25) is 9.20 Å². The van der Waals surface area contributed by atoms with Crippen molar-refractivity contribution in [1.29, 1.82) is 0 Å². The highest BCUT2D eigenvalue weighted by molar-refractivity contribution is 6.29. The molecule has 0 N–H and O–H groups in total. The van der Waals surface area contributed by atoms with E-state index in [0.29, 0.717) is 16.9 Å². The third kappa shape index (κ3) is 4.13. The van der Waals surface area contributed by atoms with Crippen molar-refractivity contribution in [3.05, 3.63) is 99.3 Å². The maximum Gasteiger partial charge on any atom is 0.344 e. The van der Waals surface area contributed by atoms with Gasteiger partial charge < -0.3 is 9.47 Å². The molecule has 4 aromatic rings. The molecule has 0 spiro atoms. The molecule has 2 heterocycles. The van der Waals surface area contributed by atoms with E-state index in [1.54, 1.807) is 36.4 Å². The first-order chi connectivity index (χ1) is 15.0. The number of halogens is 2. The molecule has 0 bridgehead atoms. The Bertz CT molecular complexity index is 1320. The molecule has 0 aliphatic rings. The van der Waals surface area contributed by atoms with Crippen LogP contribution in [0.4, 0.5) is 4.39 Å². The lowest BCUT2D eigenvalue weighted by atomic mass is 10.0. The predicted octanol–water partition coefficient (Wildman–Crippen LogP) is 4.52. The summed E-state index contributed by atoms with van der Waals surface area (Å²) in [6.07, 6.45) is 0.911. The number of hydrogen-bond donors (Lipinski definition) is 0. The van der Waals surface area contributed by atoms with E-state index in [2.05, 4.69) is 4.98 Å². The Morgan fingerprint density at radius 1 is 1.13 bits per heavy atom. The molecule has 8 heteroatoms. The Morgan fingerprint density at radius 3 is 2.52 bits per heavy atom. The van der Waals surface area contributed by atoms with Crippen molar-refractivity contribution in [1.82, 2.24) is 9.38 Å². The summed E-state index contributed by atoms with van der Waals surface area (Å²) >= 11 is 5.85. The molecule has 4 rings (SSSR count). The van der Waals surface area contributed by atoms with Gasteiger partial charge in [0.05, 0.1) is 13.3 Å². The summed E-state index contributed by atoms with van der Waals surface area (Å²) in [7, 11) is 1.54. The van der Waals surface area contributed by atoms with Gasteiger partial charge in [-0.25, -0.2) is 14.2 Å². The van der Waals surface area contributed by atoms with Gasteiger partial charge in [0, 0.05) is 5.56 Å². The first-order valence-electron chi connectivity index (χ1n) is 9.25. The quantitative estimate of drug-likeness (QED) is 0.338. The number of nitrogens with zero attached hydrogens (tertiary/aromatic N) is 2. The highest BCUT2D eigenvalue weighted by Gasteiger charge is 2.20. The lowest BCUT2D eigenvalue weighted by molar-refractivity contribution is 0.0470. The van der Waals surface area contributed by atoms with E-state index >= 15 is 0 Å². The van der Waals surface area contributed by atoms with Gasteiger partial charge in [-0.2, -0.15) is 0 Å². The number of pyridine rings is 1. The van der Waals surface area contributed by atoms with Crippen molar-refractivity contribution in [2.24, 2.45) is 0 Å².